The summed E-state index contributed by atoms with van der Waals surface area (Å²) in [7, 11) is 0. The summed E-state index contributed by atoms with van der Waals surface area (Å²) in [5.41, 5.74) is 16.7. The molecule has 1 aliphatic rings. The standard InChI is InChI=1S/C24H22FN3O2/c25-17-8-4-14(5-9-17)24-18(2-1-3-23(29)30)19-12-15(7-11-22(19)28-24)16-6-10-20(26)21(27)13-16/h4-13,24H,1-3,26-27H2,(H,29,30). The van der Waals surface area contributed by atoms with E-state index in [1.54, 1.807) is 18.2 Å². The lowest BCUT2D eigenvalue weighted by Crippen LogP contribution is -2.23. The maximum Gasteiger partial charge on any atom is 0.303 e. The van der Waals surface area contributed by atoms with E-state index in [9.17, 15) is 9.18 Å². The monoisotopic (exact) mass is 403 g/mol. The van der Waals surface area contributed by atoms with Crippen molar-refractivity contribution in [3.05, 3.63) is 82.6 Å². The summed E-state index contributed by atoms with van der Waals surface area (Å²) in [6.45, 7) is 0. The van der Waals surface area contributed by atoms with Gasteiger partial charge < -0.3 is 16.6 Å². The molecule has 1 atom stereocenters. The molecule has 0 spiro atoms. The van der Waals surface area contributed by atoms with E-state index < -0.39 is 5.97 Å². The van der Waals surface area contributed by atoms with Gasteiger partial charge in [-0.3, -0.25) is 9.79 Å². The van der Waals surface area contributed by atoms with E-state index in [1.165, 1.54) is 12.1 Å². The van der Waals surface area contributed by atoms with Crippen molar-refractivity contribution in [3.63, 3.8) is 0 Å². The fourth-order valence-corrected chi connectivity index (χ4v) is 3.83. The number of halogens is 1. The number of hydrogen-bond acceptors (Lipinski definition) is 4. The summed E-state index contributed by atoms with van der Waals surface area (Å²) >= 11 is 0. The second-order valence-corrected chi connectivity index (χ2v) is 7.43. The molecule has 0 aliphatic carbocycles. The van der Waals surface area contributed by atoms with Crippen molar-refractivity contribution in [3.8, 4) is 11.1 Å². The molecule has 1 aliphatic heterocycles. The summed E-state index contributed by atoms with van der Waals surface area (Å²) in [5.74, 6) is -1.12. The number of carboxylic acids is 1. The lowest BCUT2D eigenvalue weighted by molar-refractivity contribution is -0.137. The van der Waals surface area contributed by atoms with Gasteiger partial charge in [-0.15, -0.1) is 0 Å². The zero-order valence-corrected chi connectivity index (χ0v) is 16.3. The minimum absolute atomic E-state index is 0.0865. The molecule has 0 radical (unpaired) electrons. The van der Waals surface area contributed by atoms with E-state index in [2.05, 4.69) is 6.07 Å². The third kappa shape index (κ3) is 3.89. The van der Waals surface area contributed by atoms with Crippen LogP contribution >= 0.6 is 0 Å². The first-order chi connectivity index (χ1) is 14.4. The minimum atomic E-state index is -0.824. The molecule has 5 N–H and O–H groups in total. The van der Waals surface area contributed by atoms with Gasteiger partial charge in [-0.2, -0.15) is 0 Å². The molecular formula is C24H22FN3O2. The average molecular weight is 403 g/mol. The number of anilines is 2. The number of carboxylic acid groups (broad SMARTS) is 1. The van der Waals surface area contributed by atoms with Gasteiger partial charge in [-0.25, -0.2) is 4.39 Å². The highest BCUT2D eigenvalue weighted by molar-refractivity contribution is 5.75. The van der Waals surface area contributed by atoms with E-state index in [-0.39, 0.29) is 18.3 Å². The van der Waals surface area contributed by atoms with Gasteiger partial charge in [0, 0.05) is 11.6 Å². The third-order valence-electron chi connectivity index (χ3n) is 5.38. The average Bonchev–Trinajstić information content (AvgIpc) is 3.08. The maximum absolute atomic E-state index is 13.4. The number of carbonyl (C=O) groups is 1. The summed E-state index contributed by atoms with van der Waals surface area (Å²) < 4.78 is 13.4. The number of hydrogen-bond donors (Lipinski definition) is 3. The summed E-state index contributed by atoms with van der Waals surface area (Å²) in [6, 6.07) is 17.6. The number of aliphatic carboxylic acids is 1. The zero-order chi connectivity index (χ0) is 21.3. The van der Waals surface area contributed by atoms with E-state index in [0.29, 0.717) is 24.2 Å². The molecule has 1 unspecified atom stereocenters. The topological polar surface area (TPSA) is 102 Å². The Labute approximate surface area is 173 Å². The molecule has 0 saturated heterocycles. The van der Waals surface area contributed by atoms with Crippen LogP contribution < -0.4 is 22.0 Å². The first-order valence-corrected chi connectivity index (χ1v) is 9.76. The SMILES string of the molecule is Nc1ccc(-c2ccc3c(c2)=C(CCCC(=O)O)C(c2ccc(F)cc2)N=3)cc1N. The van der Waals surface area contributed by atoms with Crippen molar-refractivity contribution >= 4 is 22.9 Å². The Morgan fingerprint density at radius 2 is 1.67 bits per heavy atom. The number of fused-ring (bicyclic) bond motifs is 1. The van der Waals surface area contributed by atoms with E-state index >= 15 is 0 Å². The van der Waals surface area contributed by atoms with Crippen LogP contribution in [0.1, 0.15) is 30.9 Å². The quantitative estimate of drug-likeness (QED) is 0.549. The fourth-order valence-electron chi connectivity index (χ4n) is 3.83. The maximum atomic E-state index is 13.4. The Kier molecular flexibility index (Phi) is 5.23. The Balaban J connectivity index is 1.81. The van der Waals surface area contributed by atoms with Crippen LogP contribution in [0.3, 0.4) is 0 Å². The molecule has 0 fully saturated rings. The van der Waals surface area contributed by atoms with Crippen molar-refractivity contribution in [2.45, 2.75) is 25.3 Å². The van der Waals surface area contributed by atoms with Crippen molar-refractivity contribution < 1.29 is 14.3 Å². The molecule has 152 valence electrons. The fraction of sp³-hybridized carbons (Fsp3) is 0.167. The lowest BCUT2D eigenvalue weighted by Gasteiger charge is -2.13. The van der Waals surface area contributed by atoms with Gasteiger partial charge in [0.15, 0.2) is 0 Å². The highest BCUT2D eigenvalue weighted by atomic mass is 19.1. The minimum Gasteiger partial charge on any atom is -0.481 e. The van der Waals surface area contributed by atoms with Crippen LogP contribution in [0.15, 0.2) is 65.7 Å². The highest BCUT2D eigenvalue weighted by Gasteiger charge is 2.22. The Hall–Kier alpha value is -3.67. The van der Waals surface area contributed by atoms with E-state index in [4.69, 9.17) is 21.6 Å². The molecule has 3 aromatic rings. The summed E-state index contributed by atoms with van der Waals surface area (Å²) in [5, 5.41) is 10.9. The molecule has 0 aromatic heterocycles. The third-order valence-corrected chi connectivity index (χ3v) is 5.38. The molecule has 3 aromatic carbocycles. The van der Waals surface area contributed by atoms with Gasteiger partial charge in [0.1, 0.15) is 5.82 Å². The van der Waals surface area contributed by atoms with Crippen LogP contribution in [-0.4, -0.2) is 11.1 Å². The van der Waals surface area contributed by atoms with E-state index in [1.807, 2.05) is 24.3 Å². The number of nitrogens with two attached hydrogens (primary N) is 2. The van der Waals surface area contributed by atoms with Crippen molar-refractivity contribution in [2.75, 3.05) is 11.5 Å². The second-order valence-electron chi connectivity index (χ2n) is 7.43. The van der Waals surface area contributed by atoms with Crippen LogP contribution in [0.2, 0.25) is 0 Å². The van der Waals surface area contributed by atoms with Gasteiger partial charge in [0.25, 0.3) is 0 Å². The molecule has 0 amide bonds. The number of nitrogen functional groups attached to an aromatic ring is 2. The van der Waals surface area contributed by atoms with Crippen LogP contribution in [0.5, 0.6) is 0 Å². The first-order valence-electron chi connectivity index (χ1n) is 9.76. The summed E-state index contributed by atoms with van der Waals surface area (Å²) in [4.78, 5) is 15.9. The molecule has 1 heterocycles. The summed E-state index contributed by atoms with van der Waals surface area (Å²) in [6.07, 6.45) is 1.19. The second kappa shape index (κ2) is 7.99. The van der Waals surface area contributed by atoms with Crippen LogP contribution in [0, 0.1) is 5.82 Å². The van der Waals surface area contributed by atoms with Crippen LogP contribution in [0.4, 0.5) is 15.8 Å². The van der Waals surface area contributed by atoms with Gasteiger partial charge in [0.05, 0.1) is 22.8 Å². The Morgan fingerprint density at radius 1 is 0.967 bits per heavy atom. The molecule has 6 heteroatoms. The van der Waals surface area contributed by atoms with Crippen molar-refractivity contribution in [1.82, 2.24) is 0 Å². The number of rotatable bonds is 6. The number of nitrogens with zero attached hydrogens (tertiary/aromatic N) is 1. The van der Waals surface area contributed by atoms with Crippen molar-refractivity contribution in [2.24, 2.45) is 4.99 Å². The van der Waals surface area contributed by atoms with Gasteiger partial charge in [-0.1, -0.05) is 24.3 Å². The van der Waals surface area contributed by atoms with Crippen molar-refractivity contribution in [1.29, 1.82) is 0 Å². The molecule has 0 bridgehead atoms. The normalized spacial score (nSPS) is 15.0. The van der Waals surface area contributed by atoms with Gasteiger partial charge in [0.2, 0.25) is 0 Å². The molecule has 4 rings (SSSR count). The predicted molar refractivity (Wildman–Crippen MR) is 116 cm³/mol. The Morgan fingerprint density at radius 3 is 2.37 bits per heavy atom. The van der Waals surface area contributed by atoms with Gasteiger partial charge >= 0.3 is 5.97 Å². The largest absolute Gasteiger partial charge is 0.481 e. The van der Waals surface area contributed by atoms with Crippen LogP contribution in [-0.2, 0) is 4.79 Å². The molecule has 30 heavy (non-hydrogen) atoms. The van der Waals surface area contributed by atoms with E-state index in [0.717, 1.165) is 32.8 Å². The smallest absolute Gasteiger partial charge is 0.303 e. The molecular weight excluding hydrogens is 381 g/mol. The predicted octanol–water partition coefficient (Wildman–Crippen LogP) is 3.44. The molecule has 0 saturated carbocycles. The highest BCUT2D eigenvalue weighted by Crippen LogP contribution is 2.32. The first kappa shape index (κ1) is 19.6. The number of benzene rings is 3. The lowest BCUT2D eigenvalue weighted by atomic mass is 9.94. The Bertz CT molecular complexity index is 1240. The van der Waals surface area contributed by atoms with Gasteiger partial charge in [-0.05, 0) is 71.5 Å². The molecule has 5 nitrogen and oxygen atoms in total. The zero-order valence-electron chi connectivity index (χ0n) is 16.3. The van der Waals surface area contributed by atoms with Crippen LogP contribution in [0.25, 0.3) is 16.7 Å².